The Morgan fingerprint density at radius 1 is 1.47 bits per heavy atom. The number of aryl methyl sites for hydroxylation is 1. The number of rotatable bonds is 0. The van der Waals surface area contributed by atoms with Crippen LogP contribution in [-0.4, -0.2) is 16.4 Å². The van der Waals surface area contributed by atoms with Gasteiger partial charge in [-0.1, -0.05) is 27.7 Å². The van der Waals surface area contributed by atoms with Crippen molar-refractivity contribution in [1.82, 2.24) is 9.78 Å². The van der Waals surface area contributed by atoms with Gasteiger partial charge in [-0.3, -0.25) is 0 Å². The van der Waals surface area contributed by atoms with Crippen molar-refractivity contribution in [1.29, 1.82) is 0 Å². The zero-order valence-corrected chi connectivity index (χ0v) is 10.1. The van der Waals surface area contributed by atoms with Crippen LogP contribution < -0.4 is 4.74 Å². The molecule has 1 aliphatic heterocycles. The highest BCUT2D eigenvalue weighted by Gasteiger charge is 2.25. The van der Waals surface area contributed by atoms with E-state index in [9.17, 15) is 0 Å². The molecule has 3 heteroatoms. The summed E-state index contributed by atoms with van der Waals surface area (Å²) in [4.78, 5) is 0. The van der Waals surface area contributed by atoms with Gasteiger partial charge in [0.1, 0.15) is 0 Å². The normalized spacial score (nSPS) is 21.7. The summed E-state index contributed by atoms with van der Waals surface area (Å²) in [5.41, 5.74) is 1.33. The van der Waals surface area contributed by atoms with E-state index in [2.05, 4.69) is 32.8 Å². The fourth-order valence-corrected chi connectivity index (χ4v) is 1.85. The largest absolute Gasteiger partial charge is 0.477 e. The average molecular weight is 208 g/mol. The minimum Gasteiger partial charge on any atom is -0.477 e. The van der Waals surface area contributed by atoms with Gasteiger partial charge in [-0.15, -0.1) is 0 Å². The van der Waals surface area contributed by atoms with Gasteiger partial charge in [0.15, 0.2) is 0 Å². The molecule has 0 spiro atoms. The molecular formula is C12H20N2O. The molecular weight excluding hydrogens is 188 g/mol. The minimum absolute atomic E-state index is 0.112. The monoisotopic (exact) mass is 208 g/mol. The van der Waals surface area contributed by atoms with Crippen molar-refractivity contribution in [3.8, 4) is 5.88 Å². The molecule has 0 N–H and O–H groups in total. The summed E-state index contributed by atoms with van der Waals surface area (Å²) >= 11 is 0. The lowest BCUT2D eigenvalue weighted by atomic mass is 9.89. The summed E-state index contributed by atoms with van der Waals surface area (Å²) in [6.45, 7) is 10.6. The van der Waals surface area contributed by atoms with Gasteiger partial charge in [-0.25, -0.2) is 4.68 Å². The smallest absolute Gasteiger partial charge is 0.215 e. The number of nitrogens with zero attached hydrogens (tertiary/aromatic N) is 2. The van der Waals surface area contributed by atoms with E-state index in [0.29, 0.717) is 5.92 Å². The van der Waals surface area contributed by atoms with Gasteiger partial charge in [-0.05, 0) is 17.8 Å². The summed E-state index contributed by atoms with van der Waals surface area (Å²) in [5.74, 6) is 1.60. The molecule has 0 saturated heterocycles. The lowest BCUT2D eigenvalue weighted by molar-refractivity contribution is 0.255. The molecule has 0 unspecified atom stereocenters. The van der Waals surface area contributed by atoms with Crippen molar-refractivity contribution in [3.05, 3.63) is 11.8 Å². The number of hydrogen-bond donors (Lipinski definition) is 0. The summed E-state index contributed by atoms with van der Waals surface area (Å²) in [5, 5.41) is 4.41. The third kappa shape index (κ3) is 2.01. The number of aromatic nitrogens is 2. The molecule has 1 aromatic rings. The van der Waals surface area contributed by atoms with Crippen molar-refractivity contribution in [3.63, 3.8) is 0 Å². The van der Waals surface area contributed by atoms with Crippen LogP contribution in [0.25, 0.3) is 0 Å². The van der Waals surface area contributed by atoms with E-state index in [1.54, 1.807) is 0 Å². The van der Waals surface area contributed by atoms with E-state index in [-0.39, 0.29) is 5.41 Å². The molecule has 15 heavy (non-hydrogen) atoms. The first-order chi connectivity index (χ1) is 6.98. The van der Waals surface area contributed by atoms with Gasteiger partial charge in [0.05, 0.1) is 12.8 Å². The van der Waals surface area contributed by atoms with E-state index in [0.717, 1.165) is 25.5 Å². The zero-order chi connectivity index (χ0) is 11.1. The van der Waals surface area contributed by atoms with Crippen molar-refractivity contribution in [2.24, 2.45) is 5.92 Å². The molecule has 0 bridgehead atoms. The van der Waals surface area contributed by atoms with Crippen molar-refractivity contribution in [2.45, 2.75) is 46.1 Å². The van der Waals surface area contributed by atoms with Gasteiger partial charge < -0.3 is 4.74 Å². The standard InChI is InChI=1S/C12H20N2O/c1-9-5-6-14-11(15-8-9)10(7-13-14)12(2,3)4/h7,9H,5-6,8H2,1-4H3/t9-/m0/s1. The maximum Gasteiger partial charge on any atom is 0.215 e. The molecule has 2 rings (SSSR count). The van der Waals surface area contributed by atoms with Crippen molar-refractivity contribution >= 4 is 0 Å². The fourth-order valence-electron chi connectivity index (χ4n) is 1.85. The summed E-state index contributed by atoms with van der Waals surface area (Å²) in [6, 6.07) is 0. The Hall–Kier alpha value is -0.990. The summed E-state index contributed by atoms with van der Waals surface area (Å²) in [6.07, 6.45) is 3.10. The predicted molar refractivity (Wildman–Crippen MR) is 60.2 cm³/mol. The van der Waals surface area contributed by atoms with E-state index < -0.39 is 0 Å². The zero-order valence-electron chi connectivity index (χ0n) is 10.1. The molecule has 0 fully saturated rings. The van der Waals surface area contributed by atoms with Crippen molar-refractivity contribution in [2.75, 3.05) is 6.61 Å². The highest BCUT2D eigenvalue weighted by atomic mass is 16.5. The van der Waals surface area contributed by atoms with Crippen LogP contribution >= 0.6 is 0 Å². The highest BCUT2D eigenvalue weighted by molar-refractivity contribution is 5.31. The Bertz CT molecular complexity index is 349. The van der Waals surface area contributed by atoms with Crippen LogP contribution in [0.5, 0.6) is 5.88 Å². The molecule has 1 atom stereocenters. The van der Waals surface area contributed by atoms with Gasteiger partial charge in [0.25, 0.3) is 0 Å². The van der Waals surface area contributed by atoms with E-state index in [4.69, 9.17) is 4.74 Å². The number of hydrogen-bond acceptors (Lipinski definition) is 2. The van der Waals surface area contributed by atoms with Crippen LogP contribution in [0.1, 0.15) is 39.7 Å². The molecule has 0 saturated carbocycles. The van der Waals surface area contributed by atoms with Gasteiger partial charge in [0, 0.05) is 12.1 Å². The Morgan fingerprint density at radius 3 is 2.87 bits per heavy atom. The first kappa shape index (κ1) is 10.5. The Balaban J connectivity index is 2.34. The second-order valence-corrected chi connectivity index (χ2v) is 5.54. The van der Waals surface area contributed by atoms with Crippen LogP contribution in [0, 0.1) is 5.92 Å². The molecule has 0 aliphatic carbocycles. The first-order valence-corrected chi connectivity index (χ1v) is 5.67. The van der Waals surface area contributed by atoms with Crippen LogP contribution in [0.15, 0.2) is 6.20 Å². The molecule has 1 aromatic heterocycles. The fraction of sp³-hybridized carbons (Fsp3) is 0.750. The second kappa shape index (κ2) is 3.54. The third-order valence-electron chi connectivity index (χ3n) is 2.94. The van der Waals surface area contributed by atoms with Crippen LogP contribution in [-0.2, 0) is 12.0 Å². The molecule has 3 nitrogen and oxygen atoms in total. The third-order valence-corrected chi connectivity index (χ3v) is 2.94. The second-order valence-electron chi connectivity index (χ2n) is 5.54. The number of fused-ring (bicyclic) bond motifs is 1. The molecule has 2 heterocycles. The van der Waals surface area contributed by atoms with Crippen LogP contribution in [0.2, 0.25) is 0 Å². The molecule has 0 aromatic carbocycles. The Morgan fingerprint density at radius 2 is 2.20 bits per heavy atom. The predicted octanol–water partition coefficient (Wildman–Crippen LogP) is 2.60. The lowest BCUT2D eigenvalue weighted by Crippen LogP contribution is -2.14. The van der Waals surface area contributed by atoms with Gasteiger partial charge in [-0.2, -0.15) is 5.10 Å². The van der Waals surface area contributed by atoms with Crippen molar-refractivity contribution < 1.29 is 4.74 Å². The van der Waals surface area contributed by atoms with Gasteiger partial charge in [0.2, 0.25) is 5.88 Å². The maximum atomic E-state index is 5.86. The molecule has 1 aliphatic rings. The number of ether oxygens (including phenoxy) is 1. The summed E-state index contributed by atoms with van der Waals surface area (Å²) in [7, 11) is 0. The van der Waals surface area contributed by atoms with Gasteiger partial charge >= 0.3 is 0 Å². The van der Waals surface area contributed by atoms with E-state index >= 15 is 0 Å². The SMILES string of the molecule is C[C@H]1CCn2ncc(C(C)(C)C)c2OC1. The summed E-state index contributed by atoms with van der Waals surface area (Å²) < 4.78 is 7.86. The van der Waals surface area contributed by atoms with E-state index in [1.165, 1.54) is 5.56 Å². The van der Waals surface area contributed by atoms with Crippen LogP contribution in [0.4, 0.5) is 0 Å². The Labute approximate surface area is 91.4 Å². The Kier molecular flexibility index (Phi) is 2.49. The lowest BCUT2D eigenvalue weighted by Gasteiger charge is -2.18. The van der Waals surface area contributed by atoms with Crippen LogP contribution in [0.3, 0.4) is 0 Å². The maximum absolute atomic E-state index is 5.86. The topological polar surface area (TPSA) is 27.1 Å². The van der Waals surface area contributed by atoms with E-state index in [1.807, 2.05) is 10.9 Å². The molecule has 84 valence electrons. The quantitative estimate of drug-likeness (QED) is 0.655. The molecule has 0 amide bonds. The highest BCUT2D eigenvalue weighted by Crippen LogP contribution is 2.33. The first-order valence-electron chi connectivity index (χ1n) is 5.67. The molecule has 0 radical (unpaired) electrons. The average Bonchev–Trinajstić information content (AvgIpc) is 2.46. The minimum atomic E-state index is 0.112.